The molecule has 82 heavy (non-hydrogen) atoms. The van der Waals surface area contributed by atoms with Gasteiger partial charge in [-0.3, -0.25) is 15.0 Å². The zero-order chi connectivity index (χ0) is 59.9. The van der Waals surface area contributed by atoms with E-state index in [1.165, 1.54) is 30.3 Å². The summed E-state index contributed by atoms with van der Waals surface area (Å²) in [6.07, 6.45) is 7.99. The lowest BCUT2D eigenvalue weighted by molar-refractivity contribution is -0.161. The van der Waals surface area contributed by atoms with Crippen molar-refractivity contribution in [2.45, 2.75) is 165 Å². The van der Waals surface area contributed by atoms with Crippen molar-refractivity contribution >= 4 is 23.3 Å². The van der Waals surface area contributed by atoms with Gasteiger partial charge < -0.3 is 34.2 Å². The van der Waals surface area contributed by atoms with Crippen LogP contribution in [0, 0.1) is 49.2 Å². The number of halogens is 3. The van der Waals surface area contributed by atoms with Crippen molar-refractivity contribution in [3.05, 3.63) is 148 Å². The zero-order valence-corrected chi connectivity index (χ0v) is 50.2. The number of pyridine rings is 4. The topological polar surface area (TPSA) is 160 Å². The zero-order valence-electron chi connectivity index (χ0n) is 50.2. The Morgan fingerprint density at radius 3 is 1.41 bits per heavy atom. The average Bonchev–Trinajstić information content (AvgIpc) is 3.41. The molecule has 13 nitrogen and oxygen atoms in total. The quantitative estimate of drug-likeness (QED) is 0.0784. The molecule has 2 N–H and O–H groups in total. The van der Waals surface area contributed by atoms with Gasteiger partial charge in [-0.2, -0.15) is 9.37 Å². The van der Waals surface area contributed by atoms with Crippen molar-refractivity contribution in [1.29, 1.82) is 0 Å². The molecule has 440 valence electrons. The monoisotopic (exact) mass is 1130 g/mol. The van der Waals surface area contributed by atoms with Crippen LogP contribution in [0.2, 0.25) is 0 Å². The maximum Gasteiger partial charge on any atom is 0.337 e. The molecular formula is C66H83F3N6O7. The van der Waals surface area contributed by atoms with Crippen molar-refractivity contribution in [3.8, 4) is 28.1 Å². The number of rotatable bonds is 18. The molecule has 8 rings (SSSR count). The maximum absolute atomic E-state index is 14.4. The molecule has 2 aliphatic heterocycles. The molecule has 0 radical (unpaired) electrons. The first-order valence-electron chi connectivity index (χ1n) is 28.5. The summed E-state index contributed by atoms with van der Waals surface area (Å²) < 4.78 is 59.2. The van der Waals surface area contributed by atoms with Gasteiger partial charge >= 0.3 is 11.9 Å². The molecule has 4 aromatic heterocycles. The van der Waals surface area contributed by atoms with Crippen LogP contribution in [0.1, 0.15) is 159 Å². The number of aliphatic carboxylic acids is 2. The summed E-state index contributed by atoms with van der Waals surface area (Å²) in [7, 11) is 0. The molecule has 0 saturated carbocycles. The summed E-state index contributed by atoms with van der Waals surface area (Å²) in [5, 5.41) is 20.7. The number of ether oxygens (including phenoxy) is 3. The van der Waals surface area contributed by atoms with Crippen LogP contribution >= 0.6 is 0 Å². The summed E-state index contributed by atoms with van der Waals surface area (Å²) in [6, 6.07) is 19.7. The first-order chi connectivity index (χ1) is 38.5. The van der Waals surface area contributed by atoms with Crippen LogP contribution in [0.15, 0.2) is 85.2 Å². The van der Waals surface area contributed by atoms with E-state index in [0.717, 1.165) is 97.4 Å². The first-order valence-corrected chi connectivity index (χ1v) is 28.5. The Kier molecular flexibility index (Phi) is 20.0. The van der Waals surface area contributed by atoms with Crippen LogP contribution in [0.4, 0.5) is 24.5 Å². The molecule has 0 unspecified atom stereocenters. The highest BCUT2D eigenvalue weighted by Gasteiger charge is 2.38. The number of nitrogens with zero attached hydrogens (tertiary/aromatic N) is 6. The van der Waals surface area contributed by atoms with Crippen LogP contribution in [0.25, 0.3) is 22.3 Å². The second-order valence-corrected chi connectivity index (χ2v) is 25.4. The van der Waals surface area contributed by atoms with Crippen LogP contribution in [-0.4, -0.2) is 86.1 Å². The number of piperidine rings is 2. The van der Waals surface area contributed by atoms with Gasteiger partial charge in [0.15, 0.2) is 12.2 Å². The molecule has 0 spiro atoms. The van der Waals surface area contributed by atoms with Gasteiger partial charge in [0.05, 0.1) is 29.2 Å². The van der Waals surface area contributed by atoms with Crippen molar-refractivity contribution < 1.29 is 47.2 Å². The SMILES string of the molecule is Cc1nc(CCCc2ccc(F)cc2)ccc1-c1cnc(C)c([C@H](OC(C)(C)C)C(=O)O)c1N1CCC(C)(C)CC1.Cc1ncc(-c2ccc(F)nc2OCCc2ccc(F)cc2)c(N2CCC(C)(C)CC2)c1[C@H](OC(C)(C)C)C(=O)O. The minimum absolute atomic E-state index is 0.0749. The predicted octanol–water partition coefficient (Wildman–Crippen LogP) is 14.6. The molecule has 6 heterocycles. The van der Waals surface area contributed by atoms with E-state index in [1.54, 1.807) is 31.3 Å². The fraction of sp³-hybridized carbons (Fsp3) is 0.485. The van der Waals surface area contributed by atoms with Gasteiger partial charge in [-0.1, -0.05) is 58.0 Å². The lowest BCUT2D eigenvalue weighted by Crippen LogP contribution is -2.39. The summed E-state index contributed by atoms with van der Waals surface area (Å²) in [5.74, 6) is -3.31. The van der Waals surface area contributed by atoms with Crippen LogP contribution in [-0.2, 0) is 38.3 Å². The number of hydrogen-bond acceptors (Lipinski definition) is 11. The van der Waals surface area contributed by atoms with Crippen molar-refractivity contribution in [3.63, 3.8) is 0 Å². The fourth-order valence-corrected chi connectivity index (χ4v) is 10.6. The molecule has 2 aromatic carbocycles. The summed E-state index contributed by atoms with van der Waals surface area (Å²) >= 11 is 0. The Bertz CT molecular complexity index is 3170. The molecule has 0 amide bonds. The molecule has 2 atom stereocenters. The number of hydrogen-bond donors (Lipinski definition) is 2. The third kappa shape index (κ3) is 16.6. The number of carboxylic acids is 2. The Morgan fingerprint density at radius 1 is 0.561 bits per heavy atom. The number of aryl methyl sites for hydroxylation is 5. The second-order valence-electron chi connectivity index (χ2n) is 25.4. The van der Waals surface area contributed by atoms with Crippen LogP contribution in [0.3, 0.4) is 0 Å². The Labute approximate surface area is 482 Å². The lowest BCUT2D eigenvalue weighted by atomic mass is 9.82. The van der Waals surface area contributed by atoms with E-state index >= 15 is 0 Å². The first kappa shape index (κ1) is 62.7. The van der Waals surface area contributed by atoms with E-state index in [-0.39, 0.29) is 35.0 Å². The summed E-state index contributed by atoms with van der Waals surface area (Å²) in [6.45, 7) is 29.0. The normalized spacial score (nSPS) is 16.0. The van der Waals surface area contributed by atoms with Gasteiger partial charge in [0.1, 0.15) is 11.6 Å². The molecule has 2 saturated heterocycles. The molecule has 0 bridgehead atoms. The van der Waals surface area contributed by atoms with Crippen molar-refractivity contribution in [2.75, 3.05) is 42.6 Å². The maximum atomic E-state index is 14.4. The third-order valence-electron chi connectivity index (χ3n) is 15.3. The number of benzene rings is 2. The average molecular weight is 1130 g/mol. The van der Waals surface area contributed by atoms with Gasteiger partial charge in [0, 0.05) is 101 Å². The minimum Gasteiger partial charge on any atom is -0.479 e. The largest absolute Gasteiger partial charge is 0.479 e. The van der Waals surface area contributed by atoms with Gasteiger partial charge in [0.2, 0.25) is 11.8 Å². The fourth-order valence-electron chi connectivity index (χ4n) is 10.6. The van der Waals surface area contributed by atoms with Crippen LogP contribution < -0.4 is 14.5 Å². The molecular weight excluding hydrogens is 1050 g/mol. The van der Waals surface area contributed by atoms with Crippen molar-refractivity contribution in [1.82, 2.24) is 19.9 Å². The second kappa shape index (κ2) is 26.1. The van der Waals surface area contributed by atoms with E-state index in [0.29, 0.717) is 58.8 Å². The lowest BCUT2D eigenvalue weighted by Gasteiger charge is -2.41. The Hall–Kier alpha value is -6.91. The predicted molar refractivity (Wildman–Crippen MR) is 316 cm³/mol. The molecule has 16 heteroatoms. The highest BCUT2D eigenvalue weighted by Crippen LogP contribution is 2.47. The van der Waals surface area contributed by atoms with Gasteiger partial charge in [0.25, 0.3) is 0 Å². The number of anilines is 2. The summed E-state index contributed by atoms with van der Waals surface area (Å²) in [5.41, 5.74) is 9.62. The van der Waals surface area contributed by atoms with Gasteiger partial charge in [-0.05, 0) is 172 Å². The molecule has 0 aliphatic carbocycles. The van der Waals surface area contributed by atoms with E-state index in [9.17, 15) is 33.0 Å². The number of carbonyl (C=O) groups is 2. The van der Waals surface area contributed by atoms with E-state index in [1.807, 2.05) is 73.7 Å². The summed E-state index contributed by atoms with van der Waals surface area (Å²) in [4.78, 5) is 48.1. The third-order valence-corrected chi connectivity index (χ3v) is 15.3. The molecule has 2 aliphatic rings. The standard InChI is InChI=1S/C34H44FN3O3.C32H39F2N3O4/c1-22-27(16-15-26(37-22)10-8-9-24-11-13-25(35)14-12-24)28-21-36-23(2)29(31(32(39)40)41-33(3,4)5)30(28)38-19-17-34(6,7)18-20-38;1-20-26(28(30(38)39)41-31(2,3)4)27(37-16-14-32(5,6)15-17-37)24(19-35-20)23-11-12-25(34)36-29(23)40-18-13-21-7-9-22(33)10-8-21/h11-16,21,31H,8-10,17-20H2,1-7H3,(H,39,40);7-12,19,28H,13-18H2,1-6H3,(H,38,39)/t31-;28-/m00/s1. The molecule has 6 aromatic rings. The molecule has 2 fully saturated rings. The minimum atomic E-state index is -1.27. The highest BCUT2D eigenvalue weighted by atomic mass is 19.1. The Balaban J connectivity index is 0.000000236. The Morgan fingerprint density at radius 2 is 0.988 bits per heavy atom. The van der Waals surface area contributed by atoms with Gasteiger partial charge in [-0.25, -0.2) is 18.4 Å². The van der Waals surface area contributed by atoms with E-state index in [4.69, 9.17) is 24.2 Å². The van der Waals surface area contributed by atoms with Crippen LogP contribution in [0.5, 0.6) is 5.88 Å². The number of carboxylic acid groups (broad SMARTS) is 2. The van der Waals surface area contributed by atoms with Crippen molar-refractivity contribution in [2.24, 2.45) is 10.8 Å². The number of aromatic nitrogens is 4. The van der Waals surface area contributed by atoms with Gasteiger partial charge in [-0.15, -0.1) is 0 Å². The van der Waals surface area contributed by atoms with E-state index < -0.39 is 41.3 Å². The smallest absolute Gasteiger partial charge is 0.337 e. The van der Waals surface area contributed by atoms with E-state index in [2.05, 4.69) is 59.6 Å². The highest BCUT2D eigenvalue weighted by molar-refractivity contribution is 5.89.